The first-order valence-electron chi connectivity index (χ1n) is 4.77. The first kappa shape index (κ1) is 12.0. The number of amides is 2. The lowest BCUT2D eigenvalue weighted by atomic mass is 10.2. The van der Waals surface area contributed by atoms with Crippen molar-refractivity contribution in [2.75, 3.05) is 10.6 Å². The van der Waals surface area contributed by atoms with Gasteiger partial charge in [0.25, 0.3) is 0 Å². The van der Waals surface area contributed by atoms with E-state index in [1.165, 1.54) is 6.07 Å². The number of rotatable bonds is 3. The Hall–Kier alpha value is -2.11. The Morgan fingerprint density at radius 3 is 2.31 bits per heavy atom. The number of carbonyl (C=O) groups excluding carboxylic acids is 1. The summed E-state index contributed by atoms with van der Waals surface area (Å²) in [5.41, 5.74) is 0. The molecule has 0 aliphatic rings. The quantitative estimate of drug-likeness (QED) is 0.728. The second kappa shape index (κ2) is 5.11. The van der Waals surface area contributed by atoms with Crippen LogP contribution in [0.2, 0.25) is 0 Å². The molecule has 1 aromatic heterocycles. The third-order valence-corrected chi connectivity index (χ3v) is 1.76. The van der Waals surface area contributed by atoms with Crippen LogP contribution in [0.15, 0.2) is 18.2 Å². The second-order valence-electron chi connectivity index (χ2n) is 3.48. The van der Waals surface area contributed by atoms with E-state index in [0.29, 0.717) is 5.82 Å². The molecule has 2 amide bonds. The molecule has 0 fully saturated rings. The van der Waals surface area contributed by atoms with E-state index in [0.717, 1.165) is 0 Å². The maximum Gasteiger partial charge on any atom is 0.410 e. The highest BCUT2D eigenvalue weighted by molar-refractivity contribution is 5.91. The van der Waals surface area contributed by atoms with Crippen molar-refractivity contribution in [3.63, 3.8) is 0 Å². The summed E-state index contributed by atoms with van der Waals surface area (Å²) in [6.07, 6.45) is -1.19. The van der Waals surface area contributed by atoms with Gasteiger partial charge in [0.1, 0.15) is 11.6 Å². The zero-order chi connectivity index (χ0) is 12.1. The van der Waals surface area contributed by atoms with Crippen LogP contribution in [0.1, 0.15) is 13.8 Å². The van der Waals surface area contributed by atoms with Gasteiger partial charge in [0.15, 0.2) is 0 Å². The van der Waals surface area contributed by atoms with Crippen molar-refractivity contribution in [2.24, 2.45) is 5.92 Å². The van der Waals surface area contributed by atoms with E-state index in [1.54, 1.807) is 26.0 Å². The Bertz CT molecular complexity index is 404. The molecule has 0 aliphatic carbocycles. The van der Waals surface area contributed by atoms with Crippen molar-refractivity contribution in [3.05, 3.63) is 18.2 Å². The highest BCUT2D eigenvalue weighted by atomic mass is 16.4. The molecule has 0 aromatic carbocycles. The van der Waals surface area contributed by atoms with Crippen molar-refractivity contribution in [3.8, 4) is 0 Å². The molecule has 1 aromatic rings. The number of carboxylic acid groups (broad SMARTS) is 1. The zero-order valence-electron chi connectivity index (χ0n) is 9.02. The van der Waals surface area contributed by atoms with Crippen molar-refractivity contribution >= 4 is 23.6 Å². The Labute approximate surface area is 92.7 Å². The highest BCUT2D eigenvalue weighted by Gasteiger charge is 2.08. The summed E-state index contributed by atoms with van der Waals surface area (Å²) in [6, 6.07) is 4.70. The number of nitrogens with zero attached hydrogens (tertiary/aromatic N) is 1. The number of pyridine rings is 1. The summed E-state index contributed by atoms with van der Waals surface area (Å²) in [6.45, 7) is 3.52. The minimum Gasteiger partial charge on any atom is -0.465 e. The molecule has 3 N–H and O–H groups in total. The molecule has 0 aliphatic heterocycles. The predicted molar refractivity (Wildman–Crippen MR) is 59.4 cm³/mol. The molecule has 6 nitrogen and oxygen atoms in total. The standard InChI is InChI=1S/C10H13N3O3/c1-6(2)9(14)12-7-4-3-5-8(11-7)13-10(15)16/h3-6H,1-2H3,(H,15,16)(H2,11,12,13,14). The van der Waals surface area contributed by atoms with E-state index in [4.69, 9.17) is 5.11 Å². The summed E-state index contributed by atoms with van der Waals surface area (Å²) in [4.78, 5) is 25.6. The van der Waals surface area contributed by atoms with E-state index < -0.39 is 6.09 Å². The van der Waals surface area contributed by atoms with Crippen molar-refractivity contribution in [1.29, 1.82) is 0 Å². The Balaban J connectivity index is 2.74. The lowest BCUT2D eigenvalue weighted by Crippen LogP contribution is -2.19. The van der Waals surface area contributed by atoms with E-state index >= 15 is 0 Å². The number of aromatic nitrogens is 1. The minimum absolute atomic E-state index is 0.155. The van der Waals surface area contributed by atoms with Gasteiger partial charge >= 0.3 is 6.09 Å². The summed E-state index contributed by atoms with van der Waals surface area (Å²) < 4.78 is 0. The highest BCUT2D eigenvalue weighted by Crippen LogP contribution is 2.10. The summed E-state index contributed by atoms with van der Waals surface area (Å²) in [7, 11) is 0. The second-order valence-corrected chi connectivity index (χ2v) is 3.48. The molecule has 0 atom stereocenters. The van der Waals surface area contributed by atoms with Crippen LogP contribution in [-0.2, 0) is 4.79 Å². The van der Waals surface area contributed by atoms with Gasteiger partial charge in [-0.05, 0) is 12.1 Å². The molecule has 0 unspecified atom stereocenters. The van der Waals surface area contributed by atoms with E-state index in [9.17, 15) is 9.59 Å². The zero-order valence-corrected chi connectivity index (χ0v) is 9.02. The number of nitrogens with one attached hydrogen (secondary N) is 2. The lowest BCUT2D eigenvalue weighted by Gasteiger charge is -2.07. The number of carbonyl (C=O) groups is 2. The van der Waals surface area contributed by atoms with Gasteiger partial charge in [-0.25, -0.2) is 9.78 Å². The molecule has 0 radical (unpaired) electrons. The minimum atomic E-state index is -1.19. The topological polar surface area (TPSA) is 91.3 Å². The monoisotopic (exact) mass is 223 g/mol. The maximum atomic E-state index is 11.4. The average Bonchev–Trinajstić information content (AvgIpc) is 2.16. The van der Waals surface area contributed by atoms with Gasteiger partial charge in [-0.15, -0.1) is 0 Å². The van der Waals surface area contributed by atoms with Gasteiger partial charge in [-0.1, -0.05) is 19.9 Å². The fourth-order valence-electron chi connectivity index (χ4n) is 0.954. The van der Waals surface area contributed by atoms with Crippen LogP contribution in [-0.4, -0.2) is 22.1 Å². The van der Waals surface area contributed by atoms with Gasteiger partial charge in [0, 0.05) is 5.92 Å². The van der Waals surface area contributed by atoms with Crippen LogP contribution in [0.3, 0.4) is 0 Å². The molecule has 1 heterocycles. The average molecular weight is 223 g/mol. The van der Waals surface area contributed by atoms with Crippen molar-refractivity contribution in [1.82, 2.24) is 4.98 Å². The Kier molecular flexibility index (Phi) is 3.82. The fourth-order valence-corrected chi connectivity index (χ4v) is 0.954. The summed E-state index contributed by atoms with van der Waals surface area (Å²) >= 11 is 0. The van der Waals surface area contributed by atoms with Crippen LogP contribution in [0.5, 0.6) is 0 Å². The van der Waals surface area contributed by atoms with Crippen LogP contribution in [0, 0.1) is 5.92 Å². The third-order valence-electron chi connectivity index (χ3n) is 1.76. The van der Waals surface area contributed by atoms with Crippen LogP contribution in [0.25, 0.3) is 0 Å². The first-order chi connectivity index (χ1) is 7.49. The van der Waals surface area contributed by atoms with E-state index in [2.05, 4.69) is 15.6 Å². The Morgan fingerprint density at radius 2 is 1.81 bits per heavy atom. The Morgan fingerprint density at radius 1 is 1.25 bits per heavy atom. The SMILES string of the molecule is CC(C)C(=O)Nc1cccc(NC(=O)O)n1. The lowest BCUT2D eigenvalue weighted by molar-refractivity contribution is -0.118. The molecule has 16 heavy (non-hydrogen) atoms. The molecule has 1 rings (SSSR count). The van der Waals surface area contributed by atoms with Gasteiger partial charge in [-0.2, -0.15) is 0 Å². The number of hydrogen-bond donors (Lipinski definition) is 3. The third kappa shape index (κ3) is 3.56. The van der Waals surface area contributed by atoms with Crippen LogP contribution in [0.4, 0.5) is 16.4 Å². The first-order valence-corrected chi connectivity index (χ1v) is 4.77. The van der Waals surface area contributed by atoms with Crippen molar-refractivity contribution in [2.45, 2.75) is 13.8 Å². The van der Waals surface area contributed by atoms with Gasteiger partial charge in [-0.3, -0.25) is 10.1 Å². The molecular weight excluding hydrogens is 210 g/mol. The van der Waals surface area contributed by atoms with Gasteiger partial charge in [0.05, 0.1) is 0 Å². The number of anilines is 2. The van der Waals surface area contributed by atoms with Gasteiger partial charge < -0.3 is 10.4 Å². The van der Waals surface area contributed by atoms with Crippen LogP contribution < -0.4 is 10.6 Å². The fraction of sp³-hybridized carbons (Fsp3) is 0.300. The predicted octanol–water partition coefficient (Wildman–Crippen LogP) is 1.77. The number of hydrogen-bond acceptors (Lipinski definition) is 3. The smallest absolute Gasteiger partial charge is 0.410 e. The molecule has 0 spiro atoms. The normalized spacial score (nSPS) is 9.94. The van der Waals surface area contributed by atoms with Gasteiger partial charge in [0.2, 0.25) is 5.91 Å². The molecule has 0 saturated heterocycles. The maximum absolute atomic E-state index is 11.4. The van der Waals surface area contributed by atoms with Crippen molar-refractivity contribution < 1.29 is 14.7 Å². The largest absolute Gasteiger partial charge is 0.465 e. The van der Waals surface area contributed by atoms with E-state index in [1.807, 2.05) is 0 Å². The molecule has 0 saturated carbocycles. The van der Waals surface area contributed by atoms with Crippen LogP contribution >= 0.6 is 0 Å². The molecule has 6 heteroatoms. The summed E-state index contributed by atoms with van der Waals surface area (Å²) in [5, 5.41) is 13.2. The molecular formula is C10H13N3O3. The molecule has 0 bridgehead atoms. The molecule has 86 valence electrons. The van der Waals surface area contributed by atoms with E-state index in [-0.39, 0.29) is 17.6 Å². The summed E-state index contributed by atoms with van der Waals surface area (Å²) in [5.74, 6) is 0.178.